The molecule has 3 N–H and O–H groups in total. The number of hydrogen-bond donors (Lipinski definition) is 2. The van der Waals surface area contributed by atoms with Crippen molar-refractivity contribution in [3.63, 3.8) is 0 Å². The molecule has 0 unspecified atom stereocenters. The van der Waals surface area contributed by atoms with Crippen LogP contribution < -0.4 is 9.86 Å². The van der Waals surface area contributed by atoms with Crippen LogP contribution in [-0.4, -0.2) is 21.8 Å². The first-order chi connectivity index (χ1) is 12.1. The van der Waals surface area contributed by atoms with Gasteiger partial charge in [-0.05, 0) is 43.3 Å². The zero-order valence-electron chi connectivity index (χ0n) is 13.6. The minimum atomic E-state index is -3.88. The summed E-state index contributed by atoms with van der Waals surface area (Å²) < 4.78 is 50.0. The highest BCUT2D eigenvalue weighted by Crippen LogP contribution is 2.25. The Morgan fingerprint density at radius 1 is 1.00 bits per heavy atom. The van der Waals surface area contributed by atoms with Crippen molar-refractivity contribution in [1.82, 2.24) is 4.98 Å². The number of aromatic nitrogens is 1. The van der Waals surface area contributed by atoms with Gasteiger partial charge < -0.3 is 0 Å². The second-order valence-electron chi connectivity index (χ2n) is 5.45. The fraction of sp³-hybridized carbons (Fsp3) is 0.0625. The molecule has 0 aliphatic heterocycles. The zero-order chi connectivity index (χ0) is 18.9. The zero-order valence-corrected chi connectivity index (χ0v) is 16.0. The highest BCUT2D eigenvalue weighted by molar-refractivity contribution is 7.92. The summed E-state index contributed by atoms with van der Waals surface area (Å²) in [4.78, 5) is 4.16. The maximum atomic E-state index is 12.5. The molecule has 0 aliphatic rings. The standard InChI is InChI=1S/C16H15N3O4S3/c1-11-18-16(10-24-11)12-3-2-4-13(9-12)19-26(22,23)15-7-5-14(6-8-15)25(17,20)21/h2-10,19H,1H3,(H2,17,20,21). The van der Waals surface area contributed by atoms with E-state index in [0.717, 1.165) is 28.4 Å². The molecule has 0 saturated heterocycles. The van der Waals surface area contributed by atoms with Gasteiger partial charge in [0.15, 0.2) is 0 Å². The summed E-state index contributed by atoms with van der Waals surface area (Å²) in [6.07, 6.45) is 0. The van der Waals surface area contributed by atoms with E-state index in [1.165, 1.54) is 23.5 Å². The molecular weight excluding hydrogens is 394 g/mol. The third kappa shape index (κ3) is 4.10. The first-order valence-corrected chi connectivity index (χ1v) is 11.2. The number of nitrogens with one attached hydrogen (secondary N) is 1. The quantitative estimate of drug-likeness (QED) is 0.671. The topological polar surface area (TPSA) is 119 Å². The lowest BCUT2D eigenvalue weighted by Gasteiger charge is -2.09. The van der Waals surface area contributed by atoms with E-state index >= 15 is 0 Å². The van der Waals surface area contributed by atoms with Crippen LogP contribution in [0.15, 0.2) is 63.7 Å². The van der Waals surface area contributed by atoms with Crippen molar-refractivity contribution in [1.29, 1.82) is 0 Å². The number of thiazole rings is 1. The molecule has 3 aromatic rings. The Bertz CT molecular complexity index is 1150. The molecule has 0 spiro atoms. The second-order valence-corrected chi connectivity index (χ2v) is 9.76. The molecule has 1 heterocycles. The molecule has 0 amide bonds. The third-order valence-corrected chi connectivity index (χ3v) is 6.59. The van der Waals surface area contributed by atoms with E-state index in [1.807, 2.05) is 18.4 Å². The molecule has 136 valence electrons. The molecule has 0 atom stereocenters. The van der Waals surface area contributed by atoms with Crippen molar-refractivity contribution in [2.24, 2.45) is 5.14 Å². The van der Waals surface area contributed by atoms with E-state index in [2.05, 4.69) is 9.71 Å². The lowest BCUT2D eigenvalue weighted by molar-refractivity contribution is 0.595. The Balaban J connectivity index is 1.88. The minimum Gasteiger partial charge on any atom is -0.280 e. The largest absolute Gasteiger partial charge is 0.280 e. The lowest BCUT2D eigenvalue weighted by Crippen LogP contribution is -2.15. The fourth-order valence-corrected chi connectivity index (χ4v) is 4.45. The average molecular weight is 410 g/mol. The Kier molecular flexibility index (Phi) is 4.84. The Hall–Kier alpha value is -2.27. The predicted octanol–water partition coefficient (Wildman–Crippen LogP) is 2.57. The Labute approximate surface area is 155 Å². The number of rotatable bonds is 5. The number of anilines is 1. The summed E-state index contributed by atoms with van der Waals surface area (Å²) in [7, 11) is -7.75. The van der Waals surface area contributed by atoms with Crippen molar-refractivity contribution in [2.45, 2.75) is 16.7 Å². The number of benzene rings is 2. The molecule has 0 bridgehead atoms. The molecule has 0 aliphatic carbocycles. The minimum absolute atomic E-state index is 0.0696. The van der Waals surface area contributed by atoms with Gasteiger partial charge >= 0.3 is 0 Å². The van der Waals surface area contributed by atoms with Gasteiger partial charge in [0.25, 0.3) is 10.0 Å². The summed E-state index contributed by atoms with van der Waals surface area (Å²) in [5, 5.41) is 7.83. The maximum absolute atomic E-state index is 12.5. The molecule has 1 aromatic heterocycles. The summed E-state index contributed by atoms with van der Waals surface area (Å²) >= 11 is 1.51. The van der Waals surface area contributed by atoms with Crippen molar-refractivity contribution in [3.8, 4) is 11.3 Å². The molecule has 0 fully saturated rings. The highest BCUT2D eigenvalue weighted by Gasteiger charge is 2.16. The van der Waals surface area contributed by atoms with Crippen molar-refractivity contribution in [3.05, 3.63) is 58.9 Å². The third-order valence-electron chi connectivity index (χ3n) is 3.49. The van der Waals surface area contributed by atoms with Gasteiger partial charge in [-0.2, -0.15) is 0 Å². The van der Waals surface area contributed by atoms with Crippen LogP contribution in [0.2, 0.25) is 0 Å². The van der Waals surface area contributed by atoms with Crippen LogP contribution >= 0.6 is 11.3 Å². The summed E-state index contributed by atoms with van der Waals surface area (Å²) in [5.74, 6) is 0. The molecule has 7 nitrogen and oxygen atoms in total. The summed E-state index contributed by atoms with van der Waals surface area (Å²) in [6, 6.07) is 11.6. The van der Waals surface area contributed by atoms with Gasteiger partial charge in [-0.3, -0.25) is 4.72 Å². The number of nitrogens with zero attached hydrogens (tertiary/aromatic N) is 1. The van der Waals surface area contributed by atoms with Gasteiger partial charge in [0, 0.05) is 16.6 Å². The molecular formula is C16H15N3O4S3. The number of primary sulfonamides is 1. The molecule has 3 rings (SSSR count). The van der Waals surface area contributed by atoms with Gasteiger partial charge in [-0.25, -0.2) is 27.0 Å². The van der Waals surface area contributed by atoms with E-state index < -0.39 is 20.0 Å². The van der Waals surface area contributed by atoms with Crippen molar-refractivity contribution >= 4 is 37.1 Å². The Morgan fingerprint density at radius 2 is 1.65 bits per heavy atom. The Morgan fingerprint density at radius 3 is 2.23 bits per heavy atom. The highest BCUT2D eigenvalue weighted by atomic mass is 32.2. The van der Waals surface area contributed by atoms with E-state index in [1.54, 1.807) is 18.2 Å². The first kappa shape index (κ1) is 18.5. The van der Waals surface area contributed by atoms with Crippen LogP contribution in [0, 0.1) is 6.92 Å². The van der Waals surface area contributed by atoms with Crippen LogP contribution in [0.4, 0.5) is 5.69 Å². The van der Waals surface area contributed by atoms with Gasteiger partial charge in [0.05, 0.1) is 20.5 Å². The maximum Gasteiger partial charge on any atom is 0.261 e. The number of sulfonamides is 2. The monoisotopic (exact) mass is 409 g/mol. The average Bonchev–Trinajstić information content (AvgIpc) is 3.01. The van der Waals surface area contributed by atoms with Gasteiger partial charge in [-0.15, -0.1) is 11.3 Å². The van der Waals surface area contributed by atoms with Crippen LogP contribution in [0.1, 0.15) is 5.01 Å². The van der Waals surface area contributed by atoms with Crippen LogP contribution in [-0.2, 0) is 20.0 Å². The predicted molar refractivity (Wildman–Crippen MR) is 101 cm³/mol. The van der Waals surface area contributed by atoms with Gasteiger partial charge in [0.2, 0.25) is 10.0 Å². The van der Waals surface area contributed by atoms with Gasteiger partial charge in [-0.1, -0.05) is 12.1 Å². The van der Waals surface area contributed by atoms with E-state index in [0.29, 0.717) is 5.69 Å². The summed E-state index contributed by atoms with van der Waals surface area (Å²) in [6.45, 7) is 1.89. The van der Waals surface area contributed by atoms with Crippen LogP contribution in [0.5, 0.6) is 0 Å². The van der Waals surface area contributed by atoms with Crippen molar-refractivity contribution < 1.29 is 16.8 Å². The normalized spacial score (nSPS) is 12.1. The van der Waals surface area contributed by atoms with E-state index in [9.17, 15) is 16.8 Å². The van der Waals surface area contributed by atoms with Crippen molar-refractivity contribution in [2.75, 3.05) is 4.72 Å². The lowest BCUT2D eigenvalue weighted by atomic mass is 10.1. The number of aryl methyl sites for hydroxylation is 1. The van der Waals surface area contributed by atoms with E-state index in [4.69, 9.17) is 5.14 Å². The smallest absolute Gasteiger partial charge is 0.261 e. The fourth-order valence-electron chi connectivity index (χ4n) is 2.26. The summed E-state index contributed by atoms with van der Waals surface area (Å²) in [5.41, 5.74) is 1.94. The molecule has 2 aromatic carbocycles. The molecule has 10 heteroatoms. The molecule has 26 heavy (non-hydrogen) atoms. The second kappa shape index (κ2) is 6.80. The molecule has 0 radical (unpaired) electrons. The van der Waals surface area contributed by atoms with E-state index in [-0.39, 0.29) is 9.79 Å². The molecule has 0 saturated carbocycles. The van der Waals surface area contributed by atoms with Crippen LogP contribution in [0.3, 0.4) is 0 Å². The number of nitrogens with two attached hydrogens (primary N) is 1. The first-order valence-electron chi connectivity index (χ1n) is 7.33. The van der Waals surface area contributed by atoms with Crippen LogP contribution in [0.25, 0.3) is 11.3 Å². The number of hydrogen-bond acceptors (Lipinski definition) is 6. The van der Waals surface area contributed by atoms with Gasteiger partial charge in [0.1, 0.15) is 0 Å². The SMILES string of the molecule is Cc1nc(-c2cccc(NS(=O)(=O)c3ccc(S(N)(=O)=O)cc3)c2)cs1.